The molecule has 2 aromatic carbocycles. The molecule has 3 aromatic rings. The molecule has 0 amide bonds. The van der Waals surface area contributed by atoms with Crippen molar-refractivity contribution < 1.29 is 0 Å². The quantitative estimate of drug-likeness (QED) is 0.711. The molecule has 0 aliphatic rings. The Hall–Kier alpha value is -2.07. The van der Waals surface area contributed by atoms with Crippen LogP contribution in [-0.4, -0.2) is 9.97 Å². The van der Waals surface area contributed by atoms with Gasteiger partial charge in [-0.05, 0) is 22.9 Å². The highest BCUT2D eigenvalue weighted by atomic mass is 32.2. The lowest BCUT2D eigenvalue weighted by atomic mass is 10.1. The molecule has 4 heteroatoms. The predicted octanol–water partition coefficient (Wildman–Crippen LogP) is 3.36. The summed E-state index contributed by atoms with van der Waals surface area (Å²) in [5.41, 5.74) is 5.64. The Labute approximate surface area is 109 Å². The van der Waals surface area contributed by atoms with E-state index in [0.717, 1.165) is 9.92 Å². The van der Waals surface area contributed by atoms with Crippen LogP contribution in [0.1, 0.15) is 0 Å². The summed E-state index contributed by atoms with van der Waals surface area (Å²) in [4.78, 5) is 9.22. The zero-order chi connectivity index (χ0) is 12.4. The van der Waals surface area contributed by atoms with Gasteiger partial charge in [0.15, 0.2) is 0 Å². The molecule has 1 aromatic heterocycles. The molecular formula is C14H11N3S. The van der Waals surface area contributed by atoms with E-state index >= 15 is 0 Å². The average Bonchev–Trinajstić information content (AvgIpc) is 2.39. The Balaban J connectivity index is 1.95. The molecule has 3 rings (SSSR count). The van der Waals surface area contributed by atoms with Crippen molar-refractivity contribution in [2.75, 3.05) is 5.73 Å². The molecule has 0 atom stereocenters. The van der Waals surface area contributed by atoms with Gasteiger partial charge in [0.25, 0.3) is 0 Å². The first-order chi connectivity index (χ1) is 8.81. The minimum absolute atomic E-state index is 0.494. The van der Waals surface area contributed by atoms with E-state index in [2.05, 4.69) is 40.3 Å². The highest BCUT2D eigenvalue weighted by Gasteiger charge is 2.01. The van der Waals surface area contributed by atoms with E-state index < -0.39 is 0 Å². The zero-order valence-corrected chi connectivity index (χ0v) is 10.4. The summed E-state index contributed by atoms with van der Waals surface area (Å²) >= 11 is 1.59. The molecule has 0 aliphatic carbocycles. The molecular weight excluding hydrogens is 242 g/mol. The molecule has 0 radical (unpaired) electrons. The van der Waals surface area contributed by atoms with Crippen molar-refractivity contribution in [2.45, 2.75) is 9.92 Å². The molecule has 2 N–H and O–H groups in total. The molecule has 0 aliphatic heterocycles. The van der Waals surface area contributed by atoms with Crippen molar-refractivity contribution in [1.82, 2.24) is 9.97 Å². The van der Waals surface area contributed by atoms with Crippen LogP contribution in [0.15, 0.2) is 64.8 Å². The van der Waals surface area contributed by atoms with Crippen LogP contribution >= 0.6 is 11.8 Å². The third-order valence-electron chi connectivity index (χ3n) is 2.61. The van der Waals surface area contributed by atoms with E-state index in [1.165, 1.54) is 17.1 Å². The Morgan fingerprint density at radius 1 is 0.889 bits per heavy atom. The molecule has 0 fully saturated rings. The smallest absolute Gasteiger partial charge is 0.127 e. The second-order valence-electron chi connectivity index (χ2n) is 3.89. The minimum atomic E-state index is 0.494. The number of nitrogen functional groups attached to an aromatic ring is 1. The lowest BCUT2D eigenvalue weighted by Gasteiger charge is -2.03. The fraction of sp³-hybridized carbons (Fsp3) is 0. The number of anilines is 1. The van der Waals surface area contributed by atoms with Crippen LogP contribution in [0.3, 0.4) is 0 Å². The number of hydrogen-bond acceptors (Lipinski definition) is 4. The van der Waals surface area contributed by atoms with Gasteiger partial charge in [-0.3, -0.25) is 0 Å². The topological polar surface area (TPSA) is 51.8 Å². The first kappa shape index (κ1) is 11.0. The van der Waals surface area contributed by atoms with Crippen molar-refractivity contribution in [3.05, 3.63) is 54.9 Å². The van der Waals surface area contributed by atoms with E-state index in [1.807, 2.05) is 12.1 Å². The summed E-state index contributed by atoms with van der Waals surface area (Å²) in [5.74, 6) is 0.494. The summed E-state index contributed by atoms with van der Waals surface area (Å²) in [5, 5.41) is 3.33. The van der Waals surface area contributed by atoms with Gasteiger partial charge in [-0.1, -0.05) is 42.1 Å². The van der Waals surface area contributed by atoms with E-state index in [4.69, 9.17) is 5.73 Å². The van der Waals surface area contributed by atoms with Crippen LogP contribution in [0.4, 0.5) is 5.82 Å². The summed E-state index contributed by atoms with van der Waals surface area (Å²) in [7, 11) is 0. The highest BCUT2D eigenvalue weighted by molar-refractivity contribution is 7.99. The fourth-order valence-corrected chi connectivity index (χ4v) is 2.60. The molecule has 0 saturated carbocycles. The second kappa shape index (κ2) is 4.66. The van der Waals surface area contributed by atoms with Crippen molar-refractivity contribution >= 4 is 28.4 Å². The van der Waals surface area contributed by atoms with Crippen LogP contribution in [0, 0.1) is 0 Å². The predicted molar refractivity (Wildman–Crippen MR) is 74.5 cm³/mol. The van der Waals surface area contributed by atoms with Crippen LogP contribution in [0.25, 0.3) is 10.8 Å². The molecule has 3 nitrogen and oxygen atoms in total. The van der Waals surface area contributed by atoms with Gasteiger partial charge in [0.2, 0.25) is 0 Å². The van der Waals surface area contributed by atoms with Gasteiger partial charge in [-0.2, -0.15) is 0 Å². The number of fused-ring (bicyclic) bond motifs is 1. The molecule has 18 heavy (non-hydrogen) atoms. The number of aromatic nitrogens is 2. The first-order valence-corrected chi connectivity index (χ1v) is 6.37. The van der Waals surface area contributed by atoms with E-state index in [9.17, 15) is 0 Å². The molecule has 0 saturated heterocycles. The molecule has 0 unspecified atom stereocenters. The van der Waals surface area contributed by atoms with E-state index in [0.29, 0.717) is 5.82 Å². The minimum Gasteiger partial charge on any atom is -0.384 e. The third-order valence-corrected chi connectivity index (χ3v) is 3.53. The SMILES string of the molecule is Nc1cc(Sc2ccc3ccccc3c2)ncn1. The standard InChI is InChI=1S/C14H11N3S/c15-13-8-14(17-9-16-13)18-12-6-5-10-3-1-2-4-11(10)7-12/h1-9H,(H2,15,16,17). The van der Waals surface area contributed by atoms with Crippen LogP contribution < -0.4 is 5.73 Å². The monoisotopic (exact) mass is 253 g/mol. The van der Waals surface area contributed by atoms with Gasteiger partial charge in [0, 0.05) is 11.0 Å². The third kappa shape index (κ3) is 2.28. The number of nitrogens with zero attached hydrogens (tertiary/aromatic N) is 2. The van der Waals surface area contributed by atoms with Gasteiger partial charge in [0.05, 0.1) is 0 Å². The lowest BCUT2D eigenvalue weighted by Crippen LogP contribution is -1.91. The van der Waals surface area contributed by atoms with Gasteiger partial charge in [-0.25, -0.2) is 9.97 Å². The van der Waals surface area contributed by atoms with Crippen molar-refractivity contribution in [2.24, 2.45) is 0 Å². The van der Waals surface area contributed by atoms with Gasteiger partial charge in [-0.15, -0.1) is 0 Å². The zero-order valence-electron chi connectivity index (χ0n) is 9.58. The van der Waals surface area contributed by atoms with Crippen LogP contribution in [0.5, 0.6) is 0 Å². The normalized spacial score (nSPS) is 10.7. The Bertz CT molecular complexity index is 697. The number of hydrogen-bond donors (Lipinski definition) is 1. The summed E-state index contributed by atoms with van der Waals surface area (Å²) in [6, 6.07) is 16.4. The summed E-state index contributed by atoms with van der Waals surface area (Å²) in [6.45, 7) is 0. The number of benzene rings is 2. The maximum Gasteiger partial charge on any atom is 0.127 e. The maximum atomic E-state index is 5.64. The summed E-state index contributed by atoms with van der Waals surface area (Å²) in [6.07, 6.45) is 1.48. The van der Waals surface area contributed by atoms with Crippen molar-refractivity contribution in [3.8, 4) is 0 Å². The van der Waals surface area contributed by atoms with Gasteiger partial charge in [0.1, 0.15) is 17.2 Å². The summed E-state index contributed by atoms with van der Waals surface area (Å²) < 4.78 is 0. The molecule has 1 heterocycles. The van der Waals surface area contributed by atoms with Crippen LogP contribution in [-0.2, 0) is 0 Å². The second-order valence-corrected chi connectivity index (χ2v) is 4.99. The highest BCUT2D eigenvalue weighted by Crippen LogP contribution is 2.29. The Kier molecular flexibility index (Phi) is 2.86. The molecule has 0 bridgehead atoms. The largest absolute Gasteiger partial charge is 0.384 e. The number of nitrogens with two attached hydrogens (primary N) is 1. The number of rotatable bonds is 2. The Morgan fingerprint density at radius 3 is 2.56 bits per heavy atom. The van der Waals surface area contributed by atoms with Crippen molar-refractivity contribution in [1.29, 1.82) is 0 Å². The van der Waals surface area contributed by atoms with Gasteiger partial charge < -0.3 is 5.73 Å². The maximum absolute atomic E-state index is 5.64. The van der Waals surface area contributed by atoms with E-state index in [1.54, 1.807) is 17.8 Å². The molecule has 88 valence electrons. The molecule has 0 spiro atoms. The average molecular weight is 253 g/mol. The Morgan fingerprint density at radius 2 is 1.72 bits per heavy atom. The lowest BCUT2D eigenvalue weighted by molar-refractivity contribution is 1.05. The van der Waals surface area contributed by atoms with Crippen molar-refractivity contribution in [3.63, 3.8) is 0 Å². The van der Waals surface area contributed by atoms with Crippen LogP contribution in [0.2, 0.25) is 0 Å². The van der Waals surface area contributed by atoms with E-state index in [-0.39, 0.29) is 0 Å². The fourth-order valence-electron chi connectivity index (χ4n) is 1.76. The first-order valence-electron chi connectivity index (χ1n) is 5.55. The van der Waals surface area contributed by atoms with Gasteiger partial charge >= 0.3 is 0 Å².